The highest BCUT2D eigenvalue weighted by molar-refractivity contribution is 5.99. The summed E-state index contributed by atoms with van der Waals surface area (Å²) in [4.78, 5) is 13.8. The van der Waals surface area contributed by atoms with Gasteiger partial charge in [-0.05, 0) is 66.9 Å². The van der Waals surface area contributed by atoms with Crippen molar-refractivity contribution in [2.24, 2.45) is 28.5 Å². The van der Waals surface area contributed by atoms with Crippen molar-refractivity contribution in [3.8, 4) is 0 Å². The predicted octanol–water partition coefficient (Wildman–Crippen LogP) is 4.69. The lowest BCUT2D eigenvalue weighted by molar-refractivity contribution is 0.309. The van der Waals surface area contributed by atoms with Crippen LogP contribution in [0.3, 0.4) is 0 Å². The first-order valence-corrected chi connectivity index (χ1v) is 9.46. The zero-order chi connectivity index (χ0) is 18.5. The first kappa shape index (κ1) is 18.3. The Morgan fingerprint density at radius 2 is 1.69 bits per heavy atom. The van der Waals surface area contributed by atoms with Crippen molar-refractivity contribution in [2.45, 2.75) is 40.0 Å². The summed E-state index contributed by atoms with van der Waals surface area (Å²) in [6, 6.07) is 11.7. The van der Waals surface area contributed by atoms with Gasteiger partial charge in [0.15, 0.2) is 0 Å². The van der Waals surface area contributed by atoms with E-state index < -0.39 is 0 Å². The van der Waals surface area contributed by atoms with Crippen LogP contribution in [0, 0.1) is 17.8 Å². The van der Waals surface area contributed by atoms with Gasteiger partial charge in [0.25, 0.3) is 0 Å². The molecule has 4 heteroatoms. The molecule has 1 saturated carbocycles. The van der Waals surface area contributed by atoms with E-state index in [1.165, 1.54) is 18.4 Å². The SMILES string of the molecule is CC(C)[C@@H]1CC[C@@H](C)C/C1=C(/N=C(N)c1ccccn1)c1ccccn1. The Kier molecular flexibility index (Phi) is 5.82. The zero-order valence-electron chi connectivity index (χ0n) is 15.9. The fraction of sp³-hybridized carbons (Fsp3) is 0.409. The number of hydrogen-bond acceptors (Lipinski definition) is 3. The van der Waals surface area contributed by atoms with Gasteiger partial charge in [-0.25, -0.2) is 4.99 Å². The fourth-order valence-electron chi connectivity index (χ4n) is 3.76. The van der Waals surface area contributed by atoms with Crippen LogP contribution in [0.15, 0.2) is 59.4 Å². The van der Waals surface area contributed by atoms with Crippen molar-refractivity contribution in [1.29, 1.82) is 0 Å². The Labute approximate surface area is 156 Å². The number of aromatic nitrogens is 2. The molecule has 1 fully saturated rings. The van der Waals surface area contributed by atoms with Crippen LogP contribution in [0.1, 0.15) is 51.4 Å². The zero-order valence-corrected chi connectivity index (χ0v) is 15.9. The number of nitrogens with two attached hydrogens (primary N) is 1. The van der Waals surface area contributed by atoms with Gasteiger partial charge in [0.1, 0.15) is 11.5 Å². The summed E-state index contributed by atoms with van der Waals surface area (Å²) in [6.45, 7) is 6.91. The molecule has 0 aromatic carbocycles. The molecule has 0 unspecified atom stereocenters. The average molecular weight is 348 g/mol. The van der Waals surface area contributed by atoms with Gasteiger partial charge in [0.2, 0.25) is 0 Å². The van der Waals surface area contributed by atoms with Gasteiger partial charge in [-0.15, -0.1) is 0 Å². The van der Waals surface area contributed by atoms with Crippen molar-refractivity contribution in [2.75, 3.05) is 0 Å². The third-order valence-corrected chi connectivity index (χ3v) is 5.16. The van der Waals surface area contributed by atoms with Gasteiger partial charge >= 0.3 is 0 Å². The molecule has 3 rings (SSSR count). The minimum atomic E-state index is 0.444. The van der Waals surface area contributed by atoms with Gasteiger partial charge < -0.3 is 5.73 Å². The summed E-state index contributed by atoms with van der Waals surface area (Å²) in [5, 5.41) is 0. The second kappa shape index (κ2) is 8.26. The minimum Gasteiger partial charge on any atom is -0.382 e. The van der Waals surface area contributed by atoms with E-state index in [0.717, 1.165) is 17.8 Å². The molecular formula is C22H28N4. The summed E-state index contributed by atoms with van der Waals surface area (Å²) in [7, 11) is 0. The van der Waals surface area contributed by atoms with Gasteiger partial charge in [-0.3, -0.25) is 9.97 Å². The lowest BCUT2D eigenvalue weighted by Crippen LogP contribution is -2.22. The highest BCUT2D eigenvalue weighted by atomic mass is 14.9. The normalized spacial score (nSPS) is 23.2. The monoisotopic (exact) mass is 348 g/mol. The number of aliphatic imine (C=N–C) groups is 1. The molecule has 0 aliphatic heterocycles. The van der Waals surface area contributed by atoms with Gasteiger partial charge in [-0.1, -0.05) is 32.9 Å². The third kappa shape index (κ3) is 4.18. The van der Waals surface area contributed by atoms with E-state index in [-0.39, 0.29) is 0 Å². The van der Waals surface area contributed by atoms with Crippen LogP contribution in [0.2, 0.25) is 0 Å². The topological polar surface area (TPSA) is 64.2 Å². The Morgan fingerprint density at radius 1 is 1.04 bits per heavy atom. The highest BCUT2D eigenvalue weighted by Crippen LogP contribution is 2.41. The first-order valence-electron chi connectivity index (χ1n) is 9.46. The maximum Gasteiger partial charge on any atom is 0.150 e. The van der Waals surface area contributed by atoms with Crippen LogP contribution in [-0.2, 0) is 0 Å². The number of pyridine rings is 2. The molecule has 2 heterocycles. The fourth-order valence-corrected chi connectivity index (χ4v) is 3.76. The molecule has 2 N–H and O–H groups in total. The van der Waals surface area contributed by atoms with Crippen molar-refractivity contribution >= 4 is 11.5 Å². The molecule has 2 atom stereocenters. The van der Waals surface area contributed by atoms with Crippen LogP contribution in [-0.4, -0.2) is 15.8 Å². The molecular weight excluding hydrogens is 320 g/mol. The summed E-state index contributed by atoms with van der Waals surface area (Å²) in [5.74, 6) is 2.19. The van der Waals surface area contributed by atoms with Crippen molar-refractivity contribution < 1.29 is 0 Å². The highest BCUT2D eigenvalue weighted by Gasteiger charge is 2.29. The molecule has 0 saturated heterocycles. The Hall–Kier alpha value is -2.49. The summed E-state index contributed by atoms with van der Waals surface area (Å²) in [6.07, 6.45) is 7.07. The minimum absolute atomic E-state index is 0.444. The molecule has 26 heavy (non-hydrogen) atoms. The van der Waals surface area contributed by atoms with Crippen molar-refractivity contribution in [3.63, 3.8) is 0 Å². The molecule has 0 spiro atoms. The molecule has 1 aliphatic rings. The second-order valence-electron chi connectivity index (χ2n) is 7.54. The van der Waals surface area contributed by atoms with Crippen LogP contribution < -0.4 is 5.73 Å². The molecule has 2 aromatic heterocycles. The molecule has 4 nitrogen and oxygen atoms in total. The summed E-state index contributed by atoms with van der Waals surface area (Å²) in [5.41, 5.74) is 10.2. The lowest BCUT2D eigenvalue weighted by Gasteiger charge is -2.33. The van der Waals surface area contributed by atoms with E-state index in [1.807, 2.05) is 42.6 Å². The van der Waals surface area contributed by atoms with E-state index in [4.69, 9.17) is 10.7 Å². The van der Waals surface area contributed by atoms with Crippen LogP contribution in [0.4, 0.5) is 0 Å². The lowest BCUT2D eigenvalue weighted by atomic mass is 9.73. The molecule has 0 radical (unpaired) electrons. The van der Waals surface area contributed by atoms with Crippen molar-refractivity contribution in [1.82, 2.24) is 9.97 Å². The van der Waals surface area contributed by atoms with E-state index in [1.54, 1.807) is 6.20 Å². The summed E-state index contributed by atoms with van der Waals surface area (Å²) >= 11 is 0. The maximum atomic E-state index is 6.32. The van der Waals surface area contributed by atoms with Gasteiger partial charge in [0.05, 0.1) is 11.4 Å². The van der Waals surface area contributed by atoms with Gasteiger partial charge in [-0.2, -0.15) is 0 Å². The smallest absolute Gasteiger partial charge is 0.150 e. The average Bonchev–Trinajstić information content (AvgIpc) is 2.67. The van der Waals surface area contributed by atoms with Crippen LogP contribution in [0.5, 0.6) is 0 Å². The number of rotatable bonds is 4. The maximum absolute atomic E-state index is 6.32. The number of hydrogen-bond donors (Lipinski definition) is 1. The van der Waals surface area contributed by atoms with E-state index in [0.29, 0.717) is 29.3 Å². The van der Waals surface area contributed by atoms with Crippen molar-refractivity contribution in [3.05, 3.63) is 65.8 Å². The second-order valence-corrected chi connectivity index (χ2v) is 7.54. The molecule has 0 amide bonds. The van der Waals surface area contributed by atoms with E-state index in [2.05, 4.69) is 30.7 Å². The number of nitrogens with zero attached hydrogens (tertiary/aromatic N) is 3. The Balaban J connectivity index is 2.14. The predicted molar refractivity (Wildman–Crippen MR) is 107 cm³/mol. The number of allylic oxidation sites excluding steroid dienone is 1. The molecule has 0 bridgehead atoms. The molecule has 1 aliphatic carbocycles. The quantitative estimate of drug-likeness (QED) is 0.644. The molecule has 136 valence electrons. The van der Waals surface area contributed by atoms with Crippen LogP contribution in [0.25, 0.3) is 5.70 Å². The number of amidine groups is 1. The third-order valence-electron chi connectivity index (χ3n) is 5.16. The van der Waals surface area contributed by atoms with E-state index >= 15 is 0 Å². The van der Waals surface area contributed by atoms with Crippen LogP contribution >= 0.6 is 0 Å². The largest absolute Gasteiger partial charge is 0.382 e. The standard InChI is InChI=1S/C22H28N4/c1-15(2)17-11-10-16(3)14-18(17)21(19-8-4-6-12-24-19)26-22(23)20-9-5-7-13-25-20/h4-9,12-13,15-17H,10-11,14H2,1-3H3,(H2,23,26)/b21-18-/t16-,17+/m1/s1. The Bertz CT molecular complexity index is 778. The Morgan fingerprint density at radius 3 is 2.27 bits per heavy atom. The van der Waals surface area contributed by atoms with Gasteiger partial charge in [0, 0.05) is 12.4 Å². The van der Waals surface area contributed by atoms with E-state index in [9.17, 15) is 0 Å². The first-order chi connectivity index (χ1) is 12.6. The molecule has 2 aromatic rings. The summed E-state index contributed by atoms with van der Waals surface area (Å²) < 4.78 is 0.